The third kappa shape index (κ3) is 4.47. The Morgan fingerprint density at radius 1 is 1.13 bits per heavy atom. The van der Waals surface area contributed by atoms with Gasteiger partial charge in [-0.2, -0.15) is 5.10 Å². The van der Waals surface area contributed by atoms with Gasteiger partial charge in [0.25, 0.3) is 5.91 Å². The van der Waals surface area contributed by atoms with E-state index in [2.05, 4.69) is 5.10 Å². The van der Waals surface area contributed by atoms with Crippen molar-refractivity contribution in [2.75, 3.05) is 7.05 Å². The van der Waals surface area contributed by atoms with Gasteiger partial charge in [-0.05, 0) is 50.5 Å². The molecule has 31 heavy (non-hydrogen) atoms. The number of sulfonamides is 1. The normalized spacial score (nSPS) is 13.2. The Morgan fingerprint density at radius 2 is 1.81 bits per heavy atom. The van der Waals surface area contributed by atoms with Crippen molar-refractivity contribution in [1.29, 1.82) is 0 Å². The molecule has 0 aliphatic rings. The highest BCUT2D eigenvalue weighted by atomic mass is 32.2. The highest BCUT2D eigenvalue weighted by Crippen LogP contribution is 2.28. The van der Waals surface area contributed by atoms with Crippen molar-refractivity contribution in [3.63, 3.8) is 0 Å². The lowest BCUT2D eigenvalue weighted by molar-refractivity contribution is 0.0744. The number of rotatable bonds is 6. The zero-order valence-corrected chi connectivity index (χ0v) is 19.5. The van der Waals surface area contributed by atoms with Gasteiger partial charge in [-0.3, -0.25) is 4.79 Å². The van der Waals surface area contributed by atoms with Crippen molar-refractivity contribution in [3.05, 3.63) is 53.3 Å². The molecule has 0 saturated carbocycles. The minimum Gasteiger partial charge on any atom is -0.335 e. The topological polar surface area (TPSA) is 111 Å². The lowest BCUT2D eigenvalue weighted by atomic mass is 10.0. The molecule has 1 unspecified atom stereocenters. The Morgan fingerprint density at radius 3 is 2.39 bits per heavy atom. The molecule has 0 spiro atoms. The van der Waals surface area contributed by atoms with Crippen LogP contribution in [0.15, 0.2) is 41.4 Å². The molecule has 2 heterocycles. The van der Waals surface area contributed by atoms with E-state index in [0.29, 0.717) is 22.2 Å². The van der Waals surface area contributed by atoms with Gasteiger partial charge in [-0.25, -0.2) is 23.2 Å². The quantitative estimate of drug-likeness (QED) is 0.625. The van der Waals surface area contributed by atoms with Crippen molar-refractivity contribution in [2.45, 2.75) is 57.5 Å². The summed E-state index contributed by atoms with van der Waals surface area (Å²) >= 11 is 0. The number of pyridine rings is 1. The summed E-state index contributed by atoms with van der Waals surface area (Å²) < 4.78 is 25.3. The van der Waals surface area contributed by atoms with E-state index in [1.807, 2.05) is 45.4 Å². The first-order valence-electron chi connectivity index (χ1n) is 10.2. The number of aromatic nitrogens is 3. The van der Waals surface area contributed by atoms with E-state index in [1.54, 1.807) is 30.3 Å². The highest BCUT2D eigenvalue weighted by molar-refractivity contribution is 7.89. The molecule has 2 N–H and O–H groups in total. The molecular formula is C22H29N5O3S. The number of hydrogen-bond acceptors (Lipinski definition) is 5. The molecule has 0 radical (unpaired) electrons. The van der Waals surface area contributed by atoms with Crippen molar-refractivity contribution in [3.8, 4) is 0 Å². The second-order valence-electron chi connectivity index (χ2n) is 8.38. The standard InChI is InChI=1S/C22H29N5O3S/c1-13(2)20-11-18(19-12-24-27(14(3)4)21(19)25-20)22(28)26(6)15(5)16-8-7-9-17(10-16)31(23,29)30/h7-15H,1-6H3,(H2,23,29,30). The van der Waals surface area contributed by atoms with E-state index >= 15 is 0 Å². The highest BCUT2D eigenvalue weighted by Gasteiger charge is 2.25. The summed E-state index contributed by atoms with van der Waals surface area (Å²) in [6, 6.07) is 7.90. The van der Waals surface area contributed by atoms with Crippen molar-refractivity contribution in [2.24, 2.45) is 5.14 Å². The maximum Gasteiger partial charge on any atom is 0.254 e. The minimum atomic E-state index is -3.83. The van der Waals surface area contributed by atoms with Gasteiger partial charge in [-0.1, -0.05) is 26.0 Å². The van der Waals surface area contributed by atoms with Crippen molar-refractivity contribution >= 4 is 27.0 Å². The molecule has 0 saturated heterocycles. The van der Waals surface area contributed by atoms with Gasteiger partial charge in [-0.15, -0.1) is 0 Å². The Balaban J connectivity index is 2.06. The number of benzene rings is 1. The number of nitrogens with two attached hydrogens (primary N) is 1. The summed E-state index contributed by atoms with van der Waals surface area (Å²) in [5, 5.41) is 10.4. The van der Waals surface area contributed by atoms with Gasteiger partial charge >= 0.3 is 0 Å². The molecule has 0 fully saturated rings. The molecule has 2 aromatic heterocycles. The Hall–Kier alpha value is -2.78. The number of amides is 1. The number of fused-ring (bicyclic) bond motifs is 1. The Kier molecular flexibility index (Phi) is 6.20. The summed E-state index contributed by atoms with van der Waals surface area (Å²) in [6.07, 6.45) is 1.68. The first-order valence-corrected chi connectivity index (χ1v) is 11.7. The molecule has 9 heteroatoms. The number of primary sulfonamides is 1. The summed E-state index contributed by atoms with van der Waals surface area (Å²) in [7, 11) is -2.13. The van der Waals surface area contributed by atoms with Crippen LogP contribution in [0.5, 0.6) is 0 Å². The second kappa shape index (κ2) is 8.39. The lowest BCUT2D eigenvalue weighted by Gasteiger charge is -2.26. The zero-order chi connectivity index (χ0) is 23.1. The van der Waals surface area contributed by atoms with Gasteiger partial charge in [0.15, 0.2) is 5.65 Å². The predicted molar refractivity (Wildman–Crippen MR) is 120 cm³/mol. The Bertz CT molecular complexity index is 1230. The molecule has 0 bridgehead atoms. The summed E-state index contributed by atoms with van der Waals surface area (Å²) in [4.78, 5) is 19.9. The third-order valence-corrected chi connectivity index (χ3v) is 6.38. The molecule has 8 nitrogen and oxygen atoms in total. The molecule has 0 aliphatic heterocycles. The van der Waals surface area contributed by atoms with Crippen LogP contribution < -0.4 is 5.14 Å². The van der Waals surface area contributed by atoms with E-state index in [4.69, 9.17) is 10.1 Å². The van der Waals surface area contributed by atoms with Crippen LogP contribution in [0.2, 0.25) is 0 Å². The van der Waals surface area contributed by atoms with Crippen LogP contribution in [0, 0.1) is 0 Å². The first-order chi connectivity index (χ1) is 14.4. The molecule has 1 atom stereocenters. The molecule has 0 aliphatic carbocycles. The number of nitrogens with zero attached hydrogens (tertiary/aromatic N) is 4. The largest absolute Gasteiger partial charge is 0.335 e. The zero-order valence-electron chi connectivity index (χ0n) is 18.7. The first kappa shape index (κ1) is 22.9. The molecular weight excluding hydrogens is 414 g/mol. The fourth-order valence-electron chi connectivity index (χ4n) is 3.43. The van der Waals surface area contributed by atoms with Crippen LogP contribution in [-0.4, -0.2) is 41.0 Å². The van der Waals surface area contributed by atoms with E-state index in [9.17, 15) is 13.2 Å². The van der Waals surface area contributed by atoms with Crippen molar-refractivity contribution < 1.29 is 13.2 Å². The van der Waals surface area contributed by atoms with E-state index in [1.165, 1.54) is 12.1 Å². The van der Waals surface area contributed by atoms with Crippen LogP contribution in [0.4, 0.5) is 0 Å². The van der Waals surface area contributed by atoms with E-state index in [0.717, 1.165) is 5.69 Å². The fourth-order valence-corrected chi connectivity index (χ4v) is 4.00. The van der Waals surface area contributed by atoms with Gasteiger partial charge in [0, 0.05) is 18.8 Å². The average molecular weight is 444 g/mol. The smallest absolute Gasteiger partial charge is 0.254 e. The van der Waals surface area contributed by atoms with E-state index in [-0.39, 0.29) is 28.8 Å². The van der Waals surface area contributed by atoms with E-state index < -0.39 is 10.0 Å². The Labute approximate surface area is 183 Å². The van der Waals surface area contributed by atoms with Gasteiger partial charge < -0.3 is 4.90 Å². The number of hydrogen-bond donors (Lipinski definition) is 1. The summed E-state index contributed by atoms with van der Waals surface area (Å²) in [6.45, 7) is 9.95. The average Bonchev–Trinajstić information content (AvgIpc) is 3.15. The van der Waals surface area contributed by atoms with Crippen LogP contribution >= 0.6 is 0 Å². The SMILES string of the molecule is CC(C)c1cc(C(=O)N(C)C(C)c2cccc(S(N)(=O)=O)c2)c2cnn(C(C)C)c2n1. The molecule has 166 valence electrons. The van der Waals surface area contributed by atoms with Crippen LogP contribution in [0.25, 0.3) is 11.0 Å². The molecule has 1 aromatic carbocycles. The maximum absolute atomic E-state index is 13.5. The summed E-state index contributed by atoms with van der Waals surface area (Å²) in [5.74, 6) is -0.0493. The molecule has 3 rings (SSSR count). The monoisotopic (exact) mass is 443 g/mol. The molecule has 1 amide bonds. The number of carbonyl (C=O) groups is 1. The van der Waals surface area contributed by atoms with Gasteiger partial charge in [0.05, 0.1) is 28.1 Å². The van der Waals surface area contributed by atoms with Crippen LogP contribution in [-0.2, 0) is 10.0 Å². The lowest BCUT2D eigenvalue weighted by Crippen LogP contribution is -2.30. The molecule has 3 aromatic rings. The van der Waals surface area contributed by atoms with Crippen LogP contribution in [0.1, 0.15) is 74.2 Å². The van der Waals surface area contributed by atoms with Crippen LogP contribution in [0.3, 0.4) is 0 Å². The fraction of sp³-hybridized carbons (Fsp3) is 0.409. The van der Waals surface area contributed by atoms with Gasteiger partial charge in [0.2, 0.25) is 10.0 Å². The predicted octanol–water partition coefficient (Wildman–Crippen LogP) is 3.62. The third-order valence-electron chi connectivity index (χ3n) is 5.47. The maximum atomic E-state index is 13.5. The minimum absolute atomic E-state index is 0.0179. The summed E-state index contributed by atoms with van der Waals surface area (Å²) in [5.41, 5.74) is 2.70. The van der Waals surface area contributed by atoms with Crippen molar-refractivity contribution in [1.82, 2.24) is 19.7 Å². The number of carbonyl (C=O) groups excluding carboxylic acids is 1. The second-order valence-corrected chi connectivity index (χ2v) is 9.94. The van der Waals surface area contributed by atoms with Gasteiger partial charge in [0.1, 0.15) is 0 Å².